The summed E-state index contributed by atoms with van der Waals surface area (Å²) in [7, 11) is 1.61. The number of aromatic nitrogens is 2. The van der Waals surface area contributed by atoms with Gasteiger partial charge in [-0.1, -0.05) is 13.8 Å². The van der Waals surface area contributed by atoms with Crippen LogP contribution in [-0.4, -0.2) is 41.7 Å². The first-order valence-corrected chi connectivity index (χ1v) is 7.23. The summed E-state index contributed by atoms with van der Waals surface area (Å²) in [5.41, 5.74) is 0.561. The number of anilines is 1. The molecule has 0 fully saturated rings. The molecule has 0 radical (unpaired) electrons. The third kappa shape index (κ3) is 4.97. The maximum Gasteiger partial charge on any atom is 0.272 e. The second kappa shape index (κ2) is 7.36. The quantitative estimate of drug-likeness (QED) is 0.806. The molecule has 0 atom stereocenters. The molecule has 0 spiro atoms. The number of amides is 1. The van der Waals surface area contributed by atoms with Gasteiger partial charge in [0.15, 0.2) is 5.69 Å². The summed E-state index contributed by atoms with van der Waals surface area (Å²) in [5.74, 6) is 0.600. The Bertz CT molecular complexity index is 487. The number of carbonyl (C=O) groups excluding carboxylic acids is 1. The van der Waals surface area contributed by atoms with E-state index in [0.717, 1.165) is 0 Å². The van der Waals surface area contributed by atoms with Crippen LogP contribution in [0.25, 0.3) is 0 Å². The van der Waals surface area contributed by atoms with Gasteiger partial charge in [0, 0.05) is 19.6 Å². The molecule has 0 saturated heterocycles. The van der Waals surface area contributed by atoms with Crippen molar-refractivity contribution in [3.05, 3.63) is 17.7 Å². The number of rotatable bonds is 7. The zero-order valence-corrected chi connectivity index (χ0v) is 13.8. The lowest BCUT2D eigenvalue weighted by Gasteiger charge is -2.25. The summed E-state index contributed by atoms with van der Waals surface area (Å²) >= 11 is 0. The van der Waals surface area contributed by atoms with E-state index in [-0.39, 0.29) is 11.8 Å². The minimum atomic E-state index is -0.460. The highest BCUT2D eigenvalue weighted by molar-refractivity contribution is 5.97. The van der Waals surface area contributed by atoms with Gasteiger partial charge in [-0.15, -0.1) is 0 Å². The SMILES string of the molecule is CCNc1cnc(C(C)C)nc1C(=O)NC(C)(C)COC. The molecule has 0 aromatic carbocycles. The van der Waals surface area contributed by atoms with Crippen LogP contribution in [0.15, 0.2) is 6.20 Å². The van der Waals surface area contributed by atoms with Gasteiger partial charge >= 0.3 is 0 Å². The standard InChI is InChI=1S/C15H26N4O2/c1-7-16-11-8-17-13(10(2)3)18-12(11)14(20)19-15(4,5)9-21-6/h8,10,16H,7,9H2,1-6H3,(H,19,20). The van der Waals surface area contributed by atoms with Gasteiger partial charge in [0.2, 0.25) is 0 Å². The first-order valence-electron chi connectivity index (χ1n) is 7.23. The number of ether oxygens (including phenoxy) is 1. The molecule has 1 aromatic rings. The minimum absolute atomic E-state index is 0.166. The third-order valence-corrected chi connectivity index (χ3v) is 2.86. The van der Waals surface area contributed by atoms with Crippen molar-refractivity contribution < 1.29 is 9.53 Å². The predicted molar refractivity (Wildman–Crippen MR) is 83.7 cm³/mol. The van der Waals surface area contributed by atoms with Gasteiger partial charge in [-0.2, -0.15) is 0 Å². The Morgan fingerprint density at radius 1 is 1.43 bits per heavy atom. The fraction of sp³-hybridized carbons (Fsp3) is 0.667. The molecule has 6 nitrogen and oxygen atoms in total. The minimum Gasteiger partial charge on any atom is -0.382 e. The monoisotopic (exact) mass is 294 g/mol. The Morgan fingerprint density at radius 3 is 2.62 bits per heavy atom. The van der Waals surface area contributed by atoms with E-state index < -0.39 is 5.54 Å². The number of hydrogen-bond donors (Lipinski definition) is 2. The molecule has 0 bridgehead atoms. The molecule has 118 valence electrons. The van der Waals surface area contributed by atoms with Crippen molar-refractivity contribution >= 4 is 11.6 Å². The second-order valence-corrected chi connectivity index (χ2v) is 5.95. The number of methoxy groups -OCH3 is 1. The molecular formula is C15H26N4O2. The molecule has 0 aliphatic rings. The lowest BCUT2D eigenvalue weighted by Crippen LogP contribution is -2.47. The summed E-state index contributed by atoms with van der Waals surface area (Å²) in [4.78, 5) is 21.2. The van der Waals surface area contributed by atoms with E-state index in [4.69, 9.17) is 4.74 Å². The zero-order valence-electron chi connectivity index (χ0n) is 13.8. The summed E-state index contributed by atoms with van der Waals surface area (Å²) in [6.07, 6.45) is 1.67. The van der Waals surface area contributed by atoms with Gasteiger partial charge in [0.25, 0.3) is 5.91 Å². The predicted octanol–water partition coefficient (Wildman–Crippen LogP) is 2.19. The van der Waals surface area contributed by atoms with E-state index in [0.29, 0.717) is 30.4 Å². The fourth-order valence-corrected chi connectivity index (χ4v) is 1.93. The van der Waals surface area contributed by atoms with Gasteiger partial charge in [-0.05, 0) is 20.8 Å². The normalized spacial score (nSPS) is 11.6. The third-order valence-electron chi connectivity index (χ3n) is 2.86. The van der Waals surface area contributed by atoms with Gasteiger partial charge < -0.3 is 15.4 Å². The number of nitrogens with zero attached hydrogens (tertiary/aromatic N) is 2. The van der Waals surface area contributed by atoms with Crippen LogP contribution < -0.4 is 10.6 Å². The van der Waals surface area contributed by atoms with Crippen LogP contribution in [0.5, 0.6) is 0 Å². The summed E-state index contributed by atoms with van der Waals surface area (Å²) < 4.78 is 5.12. The summed E-state index contributed by atoms with van der Waals surface area (Å²) in [6, 6.07) is 0. The number of carbonyl (C=O) groups is 1. The Kier molecular flexibility index (Phi) is 6.08. The van der Waals surface area contributed by atoms with Crippen molar-refractivity contribution in [2.24, 2.45) is 0 Å². The zero-order chi connectivity index (χ0) is 16.0. The molecule has 6 heteroatoms. The second-order valence-electron chi connectivity index (χ2n) is 5.95. The number of hydrogen-bond acceptors (Lipinski definition) is 5. The van der Waals surface area contributed by atoms with Gasteiger partial charge in [-0.25, -0.2) is 9.97 Å². The van der Waals surface area contributed by atoms with Crippen molar-refractivity contribution in [3.8, 4) is 0 Å². The van der Waals surface area contributed by atoms with Crippen molar-refractivity contribution in [2.45, 2.75) is 46.1 Å². The number of nitrogens with one attached hydrogen (secondary N) is 2. The molecule has 0 unspecified atom stereocenters. The molecular weight excluding hydrogens is 268 g/mol. The molecule has 21 heavy (non-hydrogen) atoms. The van der Waals surface area contributed by atoms with Crippen LogP contribution in [0.1, 0.15) is 56.8 Å². The molecule has 0 saturated carbocycles. The van der Waals surface area contributed by atoms with Crippen molar-refractivity contribution in [1.29, 1.82) is 0 Å². The Hall–Kier alpha value is -1.69. The molecule has 1 rings (SSSR count). The van der Waals surface area contributed by atoms with Gasteiger partial charge in [0.1, 0.15) is 5.82 Å². The fourth-order valence-electron chi connectivity index (χ4n) is 1.93. The lowest BCUT2D eigenvalue weighted by atomic mass is 10.1. The van der Waals surface area contributed by atoms with Gasteiger partial charge in [-0.3, -0.25) is 4.79 Å². The van der Waals surface area contributed by atoms with Crippen molar-refractivity contribution in [1.82, 2.24) is 15.3 Å². The first kappa shape index (κ1) is 17.4. The maximum absolute atomic E-state index is 12.5. The lowest BCUT2D eigenvalue weighted by molar-refractivity contribution is 0.0815. The highest BCUT2D eigenvalue weighted by Gasteiger charge is 2.24. The van der Waals surface area contributed by atoms with Crippen LogP contribution in [0.4, 0.5) is 5.69 Å². The molecule has 1 aromatic heterocycles. The highest BCUT2D eigenvalue weighted by atomic mass is 16.5. The van der Waals surface area contributed by atoms with E-state index >= 15 is 0 Å². The van der Waals surface area contributed by atoms with Crippen molar-refractivity contribution in [2.75, 3.05) is 25.6 Å². The van der Waals surface area contributed by atoms with Crippen LogP contribution in [0.3, 0.4) is 0 Å². The highest BCUT2D eigenvalue weighted by Crippen LogP contribution is 2.17. The van der Waals surface area contributed by atoms with E-state index in [1.54, 1.807) is 13.3 Å². The average Bonchev–Trinajstić information content (AvgIpc) is 2.38. The van der Waals surface area contributed by atoms with E-state index in [9.17, 15) is 4.79 Å². The summed E-state index contributed by atoms with van der Waals surface area (Å²) in [5, 5.41) is 6.07. The van der Waals surface area contributed by atoms with Crippen LogP contribution in [0, 0.1) is 0 Å². The Balaban J connectivity index is 3.07. The van der Waals surface area contributed by atoms with Crippen LogP contribution in [-0.2, 0) is 4.74 Å². The maximum atomic E-state index is 12.5. The molecule has 2 N–H and O–H groups in total. The van der Waals surface area contributed by atoms with Crippen LogP contribution in [0.2, 0.25) is 0 Å². The van der Waals surface area contributed by atoms with Crippen LogP contribution >= 0.6 is 0 Å². The summed E-state index contributed by atoms with van der Waals surface area (Å²) in [6.45, 7) is 10.9. The topological polar surface area (TPSA) is 76.1 Å². The molecule has 1 heterocycles. The Morgan fingerprint density at radius 2 is 2.10 bits per heavy atom. The van der Waals surface area contributed by atoms with E-state index in [1.807, 2.05) is 34.6 Å². The first-order chi connectivity index (χ1) is 9.80. The van der Waals surface area contributed by atoms with Gasteiger partial charge in [0.05, 0.1) is 24.0 Å². The van der Waals surface area contributed by atoms with Crippen molar-refractivity contribution in [3.63, 3.8) is 0 Å². The molecule has 1 amide bonds. The van der Waals surface area contributed by atoms with E-state index in [1.165, 1.54) is 0 Å². The largest absolute Gasteiger partial charge is 0.382 e. The smallest absolute Gasteiger partial charge is 0.272 e. The van der Waals surface area contributed by atoms with E-state index in [2.05, 4.69) is 20.6 Å². The average molecular weight is 294 g/mol. The molecule has 0 aliphatic carbocycles. The molecule has 0 aliphatic heterocycles. The Labute approximate surface area is 126 Å².